The van der Waals surface area contributed by atoms with Crippen molar-refractivity contribution in [1.82, 2.24) is 0 Å². The third-order valence-electron chi connectivity index (χ3n) is 3.21. The molecule has 1 fully saturated rings. The highest BCUT2D eigenvalue weighted by Gasteiger charge is 2.23. The Morgan fingerprint density at radius 2 is 2.06 bits per heavy atom. The Morgan fingerprint density at radius 1 is 1.38 bits per heavy atom. The van der Waals surface area contributed by atoms with Gasteiger partial charge in [0.15, 0.2) is 0 Å². The Hall–Kier alpha value is -0.700. The summed E-state index contributed by atoms with van der Waals surface area (Å²) in [5, 5.41) is 0. The summed E-state index contributed by atoms with van der Waals surface area (Å²) in [6.07, 6.45) is 4.67. The number of benzene rings is 1. The smallest absolute Gasteiger partial charge is 0.140 e. The van der Waals surface area contributed by atoms with Gasteiger partial charge in [-0.15, -0.1) is 0 Å². The molecule has 0 aliphatic heterocycles. The van der Waals surface area contributed by atoms with Crippen molar-refractivity contribution in [3.05, 3.63) is 34.1 Å². The van der Waals surface area contributed by atoms with Crippen molar-refractivity contribution in [1.29, 1.82) is 0 Å². The van der Waals surface area contributed by atoms with Crippen molar-refractivity contribution < 1.29 is 9.18 Å². The third-order valence-corrected chi connectivity index (χ3v) is 4.09. The van der Waals surface area contributed by atoms with Crippen LogP contribution in [-0.2, 0) is 11.2 Å². The molecule has 1 nitrogen and oxygen atoms in total. The zero-order valence-corrected chi connectivity index (χ0v) is 10.6. The van der Waals surface area contributed by atoms with E-state index in [0.717, 1.165) is 31.2 Å². The molecule has 0 radical (unpaired) electrons. The van der Waals surface area contributed by atoms with Gasteiger partial charge in [0.25, 0.3) is 0 Å². The van der Waals surface area contributed by atoms with Crippen LogP contribution in [0.2, 0.25) is 0 Å². The number of carbonyl (C=O) groups excluding carboxylic acids is 1. The molecule has 1 aliphatic rings. The van der Waals surface area contributed by atoms with Gasteiger partial charge in [-0.1, -0.05) is 25.0 Å². The normalized spacial score (nSPS) is 16.6. The molecule has 1 saturated carbocycles. The van der Waals surface area contributed by atoms with Gasteiger partial charge in [0.05, 0.1) is 4.47 Å². The average molecular weight is 285 g/mol. The molecule has 0 heterocycles. The minimum atomic E-state index is -0.295. The number of ketones is 1. The van der Waals surface area contributed by atoms with E-state index in [4.69, 9.17) is 0 Å². The molecule has 1 aromatic rings. The Bertz CT molecular complexity index is 397. The molecule has 0 aromatic heterocycles. The number of hydrogen-bond acceptors (Lipinski definition) is 1. The standard InChI is InChI=1S/C13H14BrFO/c14-13-10(6-3-7-11(13)15)8-12(16)9-4-1-2-5-9/h3,6-7,9H,1-2,4-5,8H2. The van der Waals surface area contributed by atoms with Gasteiger partial charge in [-0.25, -0.2) is 4.39 Å². The Kier molecular flexibility index (Phi) is 3.74. The van der Waals surface area contributed by atoms with E-state index in [1.165, 1.54) is 6.07 Å². The Labute approximate surface area is 103 Å². The van der Waals surface area contributed by atoms with Crippen molar-refractivity contribution in [2.24, 2.45) is 5.92 Å². The molecular formula is C13H14BrFO. The lowest BCUT2D eigenvalue weighted by molar-refractivity contribution is -0.122. The third kappa shape index (κ3) is 2.51. The average Bonchev–Trinajstić information content (AvgIpc) is 2.78. The van der Waals surface area contributed by atoms with Crippen molar-refractivity contribution in [2.75, 3.05) is 0 Å². The molecule has 3 heteroatoms. The van der Waals surface area contributed by atoms with Crippen molar-refractivity contribution in [3.8, 4) is 0 Å². The first-order valence-corrected chi connectivity index (χ1v) is 6.43. The number of Topliss-reactive ketones (excluding diaryl/α,β-unsaturated/α-hetero) is 1. The SMILES string of the molecule is O=C(Cc1cccc(F)c1Br)C1CCCC1. The summed E-state index contributed by atoms with van der Waals surface area (Å²) in [6, 6.07) is 4.85. The summed E-state index contributed by atoms with van der Waals surface area (Å²) < 4.78 is 13.7. The fraction of sp³-hybridized carbons (Fsp3) is 0.462. The second-order valence-corrected chi connectivity index (χ2v) is 5.13. The number of hydrogen-bond donors (Lipinski definition) is 0. The maximum Gasteiger partial charge on any atom is 0.140 e. The van der Waals surface area contributed by atoms with Crippen LogP contribution in [0.3, 0.4) is 0 Å². The molecule has 0 saturated heterocycles. The fourth-order valence-electron chi connectivity index (χ4n) is 2.26. The van der Waals surface area contributed by atoms with E-state index < -0.39 is 0 Å². The lowest BCUT2D eigenvalue weighted by Gasteiger charge is -2.09. The minimum Gasteiger partial charge on any atom is -0.299 e. The molecule has 0 unspecified atom stereocenters. The van der Waals surface area contributed by atoms with E-state index >= 15 is 0 Å². The molecule has 0 amide bonds. The quantitative estimate of drug-likeness (QED) is 0.823. The van der Waals surface area contributed by atoms with Gasteiger partial charge < -0.3 is 0 Å². The van der Waals surface area contributed by atoms with Crippen molar-refractivity contribution in [2.45, 2.75) is 32.1 Å². The van der Waals surface area contributed by atoms with Gasteiger partial charge in [-0.2, -0.15) is 0 Å². The highest BCUT2D eigenvalue weighted by atomic mass is 79.9. The van der Waals surface area contributed by atoms with Crippen LogP contribution < -0.4 is 0 Å². The molecular weight excluding hydrogens is 271 g/mol. The molecule has 1 aliphatic carbocycles. The summed E-state index contributed by atoms with van der Waals surface area (Å²) in [5.74, 6) is 0.163. The van der Waals surface area contributed by atoms with Gasteiger partial charge in [-0.05, 0) is 40.4 Å². The van der Waals surface area contributed by atoms with Crippen LogP contribution in [-0.4, -0.2) is 5.78 Å². The van der Waals surface area contributed by atoms with Crippen molar-refractivity contribution in [3.63, 3.8) is 0 Å². The molecule has 86 valence electrons. The molecule has 0 N–H and O–H groups in total. The monoisotopic (exact) mass is 284 g/mol. The first kappa shape index (κ1) is 11.8. The van der Waals surface area contributed by atoms with E-state index in [-0.39, 0.29) is 17.5 Å². The number of rotatable bonds is 3. The molecule has 0 atom stereocenters. The molecule has 2 rings (SSSR count). The van der Waals surface area contributed by atoms with Gasteiger partial charge >= 0.3 is 0 Å². The van der Waals surface area contributed by atoms with E-state index in [1.807, 2.05) is 0 Å². The summed E-state index contributed by atoms with van der Waals surface area (Å²) in [4.78, 5) is 11.9. The molecule has 0 bridgehead atoms. The van der Waals surface area contributed by atoms with Gasteiger partial charge in [-0.3, -0.25) is 4.79 Å². The minimum absolute atomic E-state index is 0.204. The predicted octanol–water partition coefficient (Wildman–Crippen LogP) is 3.89. The Morgan fingerprint density at radius 3 is 2.75 bits per heavy atom. The van der Waals surface area contributed by atoms with Crippen LogP contribution >= 0.6 is 15.9 Å². The summed E-state index contributed by atoms with van der Waals surface area (Å²) >= 11 is 3.19. The van der Waals surface area contributed by atoms with E-state index in [1.54, 1.807) is 12.1 Å². The highest BCUT2D eigenvalue weighted by Crippen LogP contribution is 2.28. The van der Waals surface area contributed by atoms with Crippen LogP contribution in [0.4, 0.5) is 4.39 Å². The van der Waals surface area contributed by atoms with Gasteiger partial charge in [0.1, 0.15) is 11.6 Å². The zero-order valence-electron chi connectivity index (χ0n) is 9.01. The fourth-order valence-corrected chi connectivity index (χ4v) is 2.67. The highest BCUT2D eigenvalue weighted by molar-refractivity contribution is 9.10. The number of carbonyl (C=O) groups is 1. The van der Waals surface area contributed by atoms with Crippen molar-refractivity contribution >= 4 is 21.7 Å². The van der Waals surface area contributed by atoms with E-state index in [2.05, 4.69) is 15.9 Å². The van der Waals surface area contributed by atoms with Crippen LogP contribution in [0, 0.1) is 11.7 Å². The van der Waals surface area contributed by atoms with Crippen LogP contribution in [0.1, 0.15) is 31.2 Å². The van der Waals surface area contributed by atoms with Gasteiger partial charge in [0, 0.05) is 12.3 Å². The lowest BCUT2D eigenvalue weighted by atomic mass is 9.97. The summed E-state index contributed by atoms with van der Waals surface area (Å²) in [5.41, 5.74) is 0.761. The van der Waals surface area contributed by atoms with Gasteiger partial charge in [0.2, 0.25) is 0 Å². The van der Waals surface area contributed by atoms with Crippen LogP contribution in [0.15, 0.2) is 22.7 Å². The Balaban J connectivity index is 2.08. The predicted molar refractivity (Wildman–Crippen MR) is 64.8 cm³/mol. The first-order chi connectivity index (χ1) is 7.68. The van der Waals surface area contributed by atoms with E-state index in [9.17, 15) is 9.18 Å². The second-order valence-electron chi connectivity index (χ2n) is 4.34. The number of halogens is 2. The summed E-state index contributed by atoms with van der Waals surface area (Å²) in [7, 11) is 0. The molecule has 16 heavy (non-hydrogen) atoms. The molecule has 1 aromatic carbocycles. The lowest BCUT2D eigenvalue weighted by Crippen LogP contribution is -2.13. The largest absolute Gasteiger partial charge is 0.299 e. The van der Waals surface area contributed by atoms with Crippen LogP contribution in [0.25, 0.3) is 0 Å². The second kappa shape index (κ2) is 5.09. The summed E-state index contributed by atoms with van der Waals surface area (Å²) in [6.45, 7) is 0. The topological polar surface area (TPSA) is 17.1 Å². The molecule has 0 spiro atoms. The maximum absolute atomic E-state index is 13.2. The maximum atomic E-state index is 13.2. The van der Waals surface area contributed by atoms with Crippen LogP contribution in [0.5, 0.6) is 0 Å². The first-order valence-electron chi connectivity index (χ1n) is 5.64. The van der Waals surface area contributed by atoms with E-state index in [0.29, 0.717) is 10.9 Å². The zero-order chi connectivity index (χ0) is 11.5.